The lowest BCUT2D eigenvalue weighted by atomic mass is 9.92. The van der Waals surface area contributed by atoms with Crippen LogP contribution in [-0.2, 0) is 27.7 Å². The summed E-state index contributed by atoms with van der Waals surface area (Å²) in [5.74, 6) is -0.0990. The molecule has 192 valence electrons. The fourth-order valence-corrected chi connectivity index (χ4v) is 7.83. The van der Waals surface area contributed by atoms with E-state index < -0.39 is 15.9 Å². The van der Waals surface area contributed by atoms with Crippen LogP contribution in [0, 0.1) is 12.8 Å². The van der Waals surface area contributed by atoms with Gasteiger partial charge >= 0.3 is 0 Å². The van der Waals surface area contributed by atoms with Gasteiger partial charge in [-0.05, 0) is 80.8 Å². The van der Waals surface area contributed by atoms with Gasteiger partial charge in [0.15, 0.2) is 0 Å². The zero-order valence-corrected chi connectivity index (χ0v) is 22.3. The first-order chi connectivity index (χ1) is 17.9. The number of thiazole rings is 1. The largest absolute Gasteiger partial charge is 0.310 e. The zero-order chi connectivity index (χ0) is 25.6. The van der Waals surface area contributed by atoms with Crippen molar-refractivity contribution in [2.45, 2.75) is 50.3 Å². The maximum atomic E-state index is 13.3. The molecule has 1 aliphatic carbocycles. The predicted octanol–water partition coefficient (Wildman–Crippen LogP) is 4.71. The molecule has 2 aromatic heterocycles. The fourth-order valence-electron chi connectivity index (χ4n) is 5.31. The van der Waals surface area contributed by atoms with Crippen molar-refractivity contribution in [1.82, 2.24) is 19.1 Å². The maximum absolute atomic E-state index is 13.3. The number of anilines is 1. The Kier molecular flexibility index (Phi) is 6.34. The second-order valence-electron chi connectivity index (χ2n) is 9.88. The molecule has 1 aliphatic heterocycles. The molecule has 37 heavy (non-hydrogen) atoms. The van der Waals surface area contributed by atoms with E-state index in [4.69, 9.17) is 4.98 Å². The lowest BCUT2D eigenvalue weighted by molar-refractivity contribution is -0.120. The van der Waals surface area contributed by atoms with Gasteiger partial charge in [-0.3, -0.25) is 4.79 Å². The number of fused-ring (bicyclic) bond motifs is 2. The van der Waals surface area contributed by atoms with Crippen molar-refractivity contribution in [2.24, 2.45) is 5.92 Å². The summed E-state index contributed by atoms with van der Waals surface area (Å²) in [4.78, 5) is 18.4. The number of benzene rings is 2. The summed E-state index contributed by atoms with van der Waals surface area (Å²) in [6, 6.07) is 14.7. The molecule has 4 aromatic rings. The number of hydrogen-bond donors (Lipinski definition) is 1. The predicted molar refractivity (Wildman–Crippen MR) is 145 cm³/mol. The minimum atomic E-state index is -3.64. The second-order valence-corrected chi connectivity index (χ2v) is 12.8. The zero-order valence-electron chi connectivity index (χ0n) is 20.7. The van der Waals surface area contributed by atoms with Gasteiger partial charge < -0.3 is 5.32 Å². The summed E-state index contributed by atoms with van der Waals surface area (Å²) < 4.78 is 30.5. The highest BCUT2D eigenvalue weighted by Gasteiger charge is 2.33. The number of aromatic nitrogens is 3. The molecule has 0 radical (unpaired) electrons. The normalized spacial score (nSPS) is 18.6. The molecule has 2 aromatic carbocycles. The number of amides is 1. The number of hydrogen-bond acceptors (Lipinski definition) is 6. The Hall–Kier alpha value is -3.08. The van der Waals surface area contributed by atoms with E-state index in [1.54, 1.807) is 46.4 Å². The van der Waals surface area contributed by atoms with Gasteiger partial charge in [0.2, 0.25) is 21.1 Å². The van der Waals surface area contributed by atoms with Crippen LogP contribution in [0.15, 0.2) is 53.4 Å². The second kappa shape index (κ2) is 9.66. The van der Waals surface area contributed by atoms with Gasteiger partial charge in [-0.15, -0.1) is 0 Å². The van der Waals surface area contributed by atoms with Crippen LogP contribution in [-0.4, -0.2) is 46.5 Å². The van der Waals surface area contributed by atoms with E-state index in [0.29, 0.717) is 30.3 Å². The monoisotopic (exact) mass is 535 g/mol. The number of carbonyl (C=O) groups is 1. The summed E-state index contributed by atoms with van der Waals surface area (Å²) in [7, 11) is -3.64. The Bertz CT molecular complexity index is 1530. The van der Waals surface area contributed by atoms with Crippen LogP contribution < -0.4 is 5.32 Å². The smallest absolute Gasteiger partial charge is 0.243 e. The number of carbonyl (C=O) groups excluding carboxylic acids is 1. The van der Waals surface area contributed by atoms with E-state index in [2.05, 4.69) is 22.5 Å². The van der Waals surface area contributed by atoms with Crippen LogP contribution in [0.1, 0.15) is 42.5 Å². The van der Waals surface area contributed by atoms with Gasteiger partial charge in [0.25, 0.3) is 0 Å². The number of nitrogens with one attached hydrogen (secondary N) is 1. The summed E-state index contributed by atoms with van der Waals surface area (Å²) in [6.07, 6.45) is 5.91. The van der Waals surface area contributed by atoms with Gasteiger partial charge in [0.05, 0.1) is 26.7 Å². The molecule has 10 heteroatoms. The Morgan fingerprint density at radius 1 is 1.05 bits per heavy atom. The highest BCUT2D eigenvalue weighted by atomic mass is 32.2. The van der Waals surface area contributed by atoms with E-state index in [9.17, 15) is 13.2 Å². The third-order valence-electron chi connectivity index (χ3n) is 7.24. The maximum Gasteiger partial charge on any atom is 0.243 e. The van der Waals surface area contributed by atoms with Crippen molar-refractivity contribution in [1.29, 1.82) is 0 Å². The molecule has 2 aliphatic rings. The molecule has 0 bridgehead atoms. The van der Waals surface area contributed by atoms with Crippen molar-refractivity contribution in [3.8, 4) is 5.13 Å². The van der Waals surface area contributed by atoms with Crippen molar-refractivity contribution >= 4 is 43.3 Å². The SMILES string of the molecule is Cc1cc(NC(=O)C2CCCN(S(=O)(=O)c3ccccc3)C2)n(-c2nc3cc4c(cc3s2)CCCC4)n1. The van der Waals surface area contributed by atoms with Crippen LogP contribution in [0.4, 0.5) is 5.82 Å². The lowest BCUT2D eigenvalue weighted by Gasteiger charge is -2.31. The van der Waals surface area contributed by atoms with Crippen LogP contribution in [0.3, 0.4) is 0 Å². The average molecular weight is 536 g/mol. The van der Waals surface area contributed by atoms with E-state index in [1.165, 1.54) is 28.3 Å². The number of rotatable bonds is 5. The highest BCUT2D eigenvalue weighted by Crippen LogP contribution is 2.33. The van der Waals surface area contributed by atoms with Crippen LogP contribution in [0.25, 0.3) is 15.3 Å². The number of aryl methyl sites for hydroxylation is 3. The third-order valence-corrected chi connectivity index (χ3v) is 10.1. The van der Waals surface area contributed by atoms with Gasteiger partial charge in [-0.1, -0.05) is 29.5 Å². The lowest BCUT2D eigenvalue weighted by Crippen LogP contribution is -2.43. The molecule has 6 rings (SSSR count). The van der Waals surface area contributed by atoms with E-state index in [0.717, 1.165) is 28.8 Å². The molecule has 1 saturated heterocycles. The molecule has 1 unspecified atom stereocenters. The first-order valence-corrected chi connectivity index (χ1v) is 15.0. The quantitative estimate of drug-likeness (QED) is 0.399. The molecule has 1 atom stereocenters. The summed E-state index contributed by atoms with van der Waals surface area (Å²) >= 11 is 1.57. The molecule has 3 heterocycles. The average Bonchev–Trinajstić information content (AvgIpc) is 3.49. The van der Waals surface area contributed by atoms with Gasteiger partial charge in [0.1, 0.15) is 5.82 Å². The molecule has 0 saturated carbocycles. The highest BCUT2D eigenvalue weighted by molar-refractivity contribution is 7.89. The Morgan fingerprint density at radius 3 is 2.59 bits per heavy atom. The Morgan fingerprint density at radius 2 is 1.81 bits per heavy atom. The molecule has 1 fully saturated rings. The first kappa shape index (κ1) is 24.3. The molecule has 1 amide bonds. The minimum Gasteiger partial charge on any atom is -0.310 e. The standard InChI is InChI=1S/C27H29N5O3S2/c1-18-14-25(32(30-18)27-28-23-15-19-8-5-6-9-20(19)16-24(23)36-27)29-26(33)21-10-7-13-31(17-21)37(34,35)22-11-3-2-4-12-22/h2-4,11-12,14-16,21H,5-10,13,17H2,1H3,(H,29,33). The van der Waals surface area contributed by atoms with E-state index in [-0.39, 0.29) is 17.3 Å². The summed E-state index contributed by atoms with van der Waals surface area (Å²) in [5, 5.41) is 8.33. The van der Waals surface area contributed by atoms with Crippen LogP contribution in [0.5, 0.6) is 0 Å². The topological polar surface area (TPSA) is 97.2 Å². The molecule has 0 spiro atoms. The van der Waals surface area contributed by atoms with Crippen molar-refractivity contribution in [3.63, 3.8) is 0 Å². The van der Waals surface area contributed by atoms with Gasteiger partial charge in [-0.25, -0.2) is 13.4 Å². The molecule has 8 nitrogen and oxygen atoms in total. The van der Waals surface area contributed by atoms with Crippen LogP contribution >= 0.6 is 11.3 Å². The van der Waals surface area contributed by atoms with E-state index >= 15 is 0 Å². The van der Waals surface area contributed by atoms with Crippen molar-refractivity contribution in [2.75, 3.05) is 18.4 Å². The fraction of sp³-hybridized carbons (Fsp3) is 0.370. The van der Waals surface area contributed by atoms with Crippen LogP contribution in [0.2, 0.25) is 0 Å². The van der Waals surface area contributed by atoms with Crippen molar-refractivity contribution < 1.29 is 13.2 Å². The Labute approximate surface area is 220 Å². The molecule has 1 N–H and O–H groups in total. The Balaban J connectivity index is 1.23. The molecular weight excluding hydrogens is 506 g/mol. The summed E-state index contributed by atoms with van der Waals surface area (Å²) in [5.41, 5.74) is 4.52. The van der Waals surface area contributed by atoms with Gasteiger partial charge in [0, 0.05) is 19.2 Å². The van der Waals surface area contributed by atoms with Crippen molar-refractivity contribution in [3.05, 3.63) is 65.4 Å². The van der Waals surface area contributed by atoms with Gasteiger partial charge in [-0.2, -0.15) is 14.1 Å². The minimum absolute atomic E-state index is 0.156. The first-order valence-electron chi connectivity index (χ1n) is 12.7. The molecular formula is C27H29N5O3S2. The van der Waals surface area contributed by atoms with E-state index in [1.807, 2.05) is 13.0 Å². The number of sulfonamides is 1. The number of piperidine rings is 1. The third kappa shape index (κ3) is 4.69. The summed E-state index contributed by atoms with van der Waals surface area (Å²) in [6.45, 7) is 2.45. The number of nitrogens with zero attached hydrogens (tertiary/aromatic N) is 4.